The third-order valence-corrected chi connectivity index (χ3v) is 7.58. The summed E-state index contributed by atoms with van der Waals surface area (Å²) in [4.78, 5) is 14.7. The molecular weight excluding hydrogens is 455 g/mol. The number of rotatable bonds is 7. The van der Waals surface area contributed by atoms with E-state index in [0.717, 1.165) is 55.1 Å². The zero-order valence-corrected chi connectivity index (χ0v) is 20.0. The van der Waals surface area contributed by atoms with Crippen LogP contribution in [0.3, 0.4) is 0 Å². The maximum absolute atomic E-state index is 6.43. The van der Waals surface area contributed by atoms with Gasteiger partial charge in [0.1, 0.15) is 5.82 Å². The molecule has 0 radical (unpaired) electrons. The molecule has 1 saturated heterocycles. The first-order valence-corrected chi connectivity index (χ1v) is 12.8. The van der Waals surface area contributed by atoms with E-state index in [4.69, 9.17) is 33.2 Å². The van der Waals surface area contributed by atoms with Gasteiger partial charge in [0.25, 0.3) is 0 Å². The lowest BCUT2D eigenvalue weighted by Gasteiger charge is -2.23. The molecule has 1 aliphatic heterocycles. The molecule has 0 amide bonds. The van der Waals surface area contributed by atoms with Crippen molar-refractivity contribution >= 4 is 29.2 Å². The van der Waals surface area contributed by atoms with E-state index in [0.29, 0.717) is 33.9 Å². The molecule has 2 aliphatic carbocycles. The van der Waals surface area contributed by atoms with Gasteiger partial charge >= 0.3 is 0 Å². The highest BCUT2D eigenvalue weighted by atomic mass is 35.5. The van der Waals surface area contributed by atoms with Crippen LogP contribution in [-0.4, -0.2) is 38.7 Å². The summed E-state index contributed by atoms with van der Waals surface area (Å²) in [5.74, 6) is 3.02. The van der Waals surface area contributed by atoms with Crippen LogP contribution in [0.25, 0.3) is 22.6 Å². The third-order valence-electron chi connectivity index (χ3n) is 6.84. The van der Waals surface area contributed by atoms with E-state index in [1.165, 1.54) is 31.5 Å². The number of hydrogen-bond donors (Lipinski definition) is 2. The first-order chi connectivity index (χ1) is 16.2. The van der Waals surface area contributed by atoms with Gasteiger partial charge in [-0.3, -0.25) is 0 Å². The quantitative estimate of drug-likeness (QED) is 0.447. The van der Waals surface area contributed by atoms with Crippen molar-refractivity contribution < 1.29 is 0 Å². The molecule has 3 fully saturated rings. The topological polar surface area (TPSA) is 67.7 Å². The summed E-state index contributed by atoms with van der Waals surface area (Å²) in [7, 11) is 0. The van der Waals surface area contributed by atoms with Gasteiger partial charge in [-0.15, -0.1) is 0 Å². The lowest BCUT2D eigenvalue weighted by molar-refractivity contribution is 0.427. The minimum atomic E-state index is 0.436. The van der Waals surface area contributed by atoms with E-state index in [1.807, 2.05) is 30.5 Å². The second-order valence-electron chi connectivity index (χ2n) is 9.56. The molecule has 0 bridgehead atoms. The molecule has 0 atom stereocenters. The number of aromatic nitrogens is 4. The molecule has 0 unspecified atom stereocenters. The summed E-state index contributed by atoms with van der Waals surface area (Å²) in [6.45, 7) is 3.04. The predicted octanol–water partition coefficient (Wildman–Crippen LogP) is 5.77. The standard InChI is InChI=1S/C25H28Cl2N6/c26-19-6-3-17(13-20(19)27)22-23(21-9-12-29-25(31-21)30-18-4-5-18)33(14-15-1-2-15)24(32-22)16-7-10-28-11-8-16/h3,6,9,12-13,15-16,18,28H,1-2,4-5,7-8,10-11,14H2,(H,29,30,31). The van der Waals surface area contributed by atoms with Crippen LogP contribution in [0.2, 0.25) is 10.0 Å². The maximum atomic E-state index is 6.43. The van der Waals surface area contributed by atoms with E-state index >= 15 is 0 Å². The lowest BCUT2D eigenvalue weighted by atomic mass is 9.97. The van der Waals surface area contributed by atoms with Gasteiger partial charge in [-0.1, -0.05) is 29.3 Å². The summed E-state index contributed by atoms with van der Waals surface area (Å²) < 4.78 is 2.45. The molecule has 2 aromatic heterocycles. The molecule has 3 heterocycles. The zero-order chi connectivity index (χ0) is 22.4. The van der Waals surface area contributed by atoms with Gasteiger partial charge in [0.15, 0.2) is 0 Å². The molecule has 6 nitrogen and oxygen atoms in total. The van der Waals surface area contributed by atoms with Crippen molar-refractivity contribution in [2.24, 2.45) is 5.92 Å². The van der Waals surface area contributed by atoms with Crippen molar-refractivity contribution in [3.63, 3.8) is 0 Å². The van der Waals surface area contributed by atoms with E-state index < -0.39 is 0 Å². The second-order valence-corrected chi connectivity index (χ2v) is 10.4. The summed E-state index contributed by atoms with van der Waals surface area (Å²) >= 11 is 12.7. The van der Waals surface area contributed by atoms with Gasteiger partial charge in [0.05, 0.1) is 27.1 Å². The van der Waals surface area contributed by atoms with Crippen molar-refractivity contribution in [1.29, 1.82) is 0 Å². The number of imidazole rings is 1. The van der Waals surface area contributed by atoms with E-state index in [2.05, 4.69) is 20.2 Å². The summed E-state index contributed by atoms with van der Waals surface area (Å²) in [6, 6.07) is 8.29. The van der Waals surface area contributed by atoms with Crippen LogP contribution in [0.5, 0.6) is 0 Å². The lowest BCUT2D eigenvalue weighted by Crippen LogP contribution is -2.28. The highest BCUT2D eigenvalue weighted by molar-refractivity contribution is 6.42. The normalized spacial score (nSPS) is 19.1. The number of halogens is 2. The maximum Gasteiger partial charge on any atom is 0.223 e. The SMILES string of the molecule is Clc1ccc(-c2nc(C3CCNCC3)n(CC3CC3)c2-c2ccnc(NC3CC3)n2)cc1Cl. The van der Waals surface area contributed by atoms with Gasteiger partial charge in [0, 0.05) is 30.3 Å². The highest BCUT2D eigenvalue weighted by Crippen LogP contribution is 2.41. The number of piperidine rings is 1. The minimum Gasteiger partial charge on any atom is -0.351 e. The Labute approximate surface area is 204 Å². The Kier molecular flexibility index (Phi) is 5.76. The van der Waals surface area contributed by atoms with Crippen LogP contribution in [0, 0.1) is 5.92 Å². The summed E-state index contributed by atoms with van der Waals surface area (Å²) in [5.41, 5.74) is 3.87. The van der Waals surface area contributed by atoms with E-state index in [1.54, 1.807) is 0 Å². The summed E-state index contributed by atoms with van der Waals surface area (Å²) in [6.07, 6.45) is 8.97. The van der Waals surface area contributed by atoms with Crippen LogP contribution < -0.4 is 10.6 Å². The minimum absolute atomic E-state index is 0.436. The largest absolute Gasteiger partial charge is 0.351 e. The second kappa shape index (κ2) is 8.90. The average Bonchev–Trinajstić information content (AvgIpc) is 3.76. The molecule has 3 aromatic rings. The molecule has 33 heavy (non-hydrogen) atoms. The van der Waals surface area contributed by atoms with Crippen LogP contribution in [0.15, 0.2) is 30.5 Å². The molecule has 0 spiro atoms. The van der Waals surface area contributed by atoms with Gasteiger partial charge in [-0.2, -0.15) is 0 Å². The third kappa shape index (κ3) is 4.61. The fourth-order valence-electron chi connectivity index (χ4n) is 4.68. The number of benzene rings is 1. The number of anilines is 1. The molecule has 3 aliphatic rings. The van der Waals surface area contributed by atoms with Gasteiger partial charge in [-0.05, 0) is 75.7 Å². The molecular formula is C25H28Cl2N6. The van der Waals surface area contributed by atoms with Crippen molar-refractivity contribution in [2.45, 2.75) is 57.0 Å². The molecule has 8 heteroatoms. The van der Waals surface area contributed by atoms with Crippen molar-refractivity contribution in [1.82, 2.24) is 24.8 Å². The predicted molar refractivity (Wildman–Crippen MR) is 133 cm³/mol. The van der Waals surface area contributed by atoms with Gasteiger partial charge in [-0.25, -0.2) is 15.0 Å². The zero-order valence-electron chi connectivity index (χ0n) is 18.5. The molecule has 2 N–H and O–H groups in total. The first-order valence-electron chi connectivity index (χ1n) is 12.0. The molecule has 1 aromatic carbocycles. The van der Waals surface area contributed by atoms with Crippen LogP contribution in [0.1, 0.15) is 50.3 Å². The average molecular weight is 483 g/mol. The summed E-state index contributed by atoms with van der Waals surface area (Å²) in [5, 5.41) is 8.03. The molecule has 6 rings (SSSR count). The van der Waals surface area contributed by atoms with Crippen molar-refractivity contribution in [3.05, 3.63) is 46.3 Å². The van der Waals surface area contributed by atoms with Gasteiger partial charge < -0.3 is 15.2 Å². The Hall–Kier alpha value is -2.15. The molecule has 2 saturated carbocycles. The smallest absolute Gasteiger partial charge is 0.223 e. The Balaban J connectivity index is 1.52. The van der Waals surface area contributed by atoms with Gasteiger partial charge in [0.2, 0.25) is 5.95 Å². The number of nitrogens with zero attached hydrogens (tertiary/aromatic N) is 4. The Morgan fingerprint density at radius 3 is 2.52 bits per heavy atom. The van der Waals surface area contributed by atoms with E-state index in [9.17, 15) is 0 Å². The van der Waals surface area contributed by atoms with Crippen LogP contribution >= 0.6 is 23.2 Å². The molecule has 172 valence electrons. The van der Waals surface area contributed by atoms with Crippen molar-refractivity contribution in [3.8, 4) is 22.6 Å². The number of hydrogen-bond acceptors (Lipinski definition) is 5. The Morgan fingerprint density at radius 2 is 1.79 bits per heavy atom. The monoisotopic (exact) mass is 482 g/mol. The van der Waals surface area contributed by atoms with E-state index in [-0.39, 0.29) is 0 Å². The fraction of sp³-hybridized carbons (Fsp3) is 0.480. The Morgan fingerprint density at radius 1 is 0.970 bits per heavy atom. The van der Waals surface area contributed by atoms with Crippen LogP contribution in [0.4, 0.5) is 5.95 Å². The fourth-order valence-corrected chi connectivity index (χ4v) is 4.98. The van der Waals surface area contributed by atoms with Crippen molar-refractivity contribution in [2.75, 3.05) is 18.4 Å². The van der Waals surface area contributed by atoms with Crippen LogP contribution in [-0.2, 0) is 6.54 Å². The number of nitrogens with one attached hydrogen (secondary N) is 2. The highest BCUT2D eigenvalue weighted by Gasteiger charge is 2.31. The Bertz CT molecular complexity index is 1160. The first kappa shape index (κ1) is 21.4.